The van der Waals surface area contributed by atoms with Crippen molar-refractivity contribution in [2.75, 3.05) is 6.61 Å². The van der Waals surface area contributed by atoms with Gasteiger partial charge in [-0.3, -0.25) is 4.68 Å². The Hall–Kier alpha value is -2.56. The molecule has 0 bridgehead atoms. The Morgan fingerprint density at radius 3 is 2.85 bits per heavy atom. The van der Waals surface area contributed by atoms with Gasteiger partial charge in [-0.1, -0.05) is 30.3 Å². The molecule has 0 aliphatic carbocycles. The maximum Gasteiger partial charge on any atom is 0.354 e. The van der Waals surface area contributed by atoms with Crippen LogP contribution in [0.25, 0.3) is 11.0 Å². The predicted molar refractivity (Wildman–Crippen MR) is 75.6 cm³/mol. The van der Waals surface area contributed by atoms with Gasteiger partial charge in [-0.25, -0.2) is 4.79 Å². The number of hydrogen-bond acceptors (Lipinski definition) is 3. The second kappa shape index (κ2) is 5.21. The molecule has 1 aromatic carbocycles. The van der Waals surface area contributed by atoms with Crippen molar-refractivity contribution in [1.29, 1.82) is 0 Å². The maximum absolute atomic E-state index is 11.6. The molecule has 20 heavy (non-hydrogen) atoms. The molecule has 2 aromatic heterocycles. The van der Waals surface area contributed by atoms with Crippen molar-refractivity contribution in [1.82, 2.24) is 14.8 Å². The Balaban J connectivity index is 1.82. The fraction of sp³-hybridized carbons (Fsp3) is 0.200. The monoisotopic (exact) mass is 269 g/mol. The van der Waals surface area contributed by atoms with Crippen LogP contribution in [0.5, 0.6) is 0 Å². The van der Waals surface area contributed by atoms with Crippen LogP contribution in [0.1, 0.15) is 23.0 Å². The van der Waals surface area contributed by atoms with E-state index in [1.807, 2.05) is 29.1 Å². The van der Waals surface area contributed by atoms with Gasteiger partial charge in [-0.15, -0.1) is 0 Å². The molecular weight excluding hydrogens is 254 g/mol. The van der Waals surface area contributed by atoms with Crippen molar-refractivity contribution in [3.8, 4) is 0 Å². The average molecular weight is 269 g/mol. The zero-order chi connectivity index (χ0) is 13.9. The fourth-order valence-corrected chi connectivity index (χ4v) is 2.13. The summed E-state index contributed by atoms with van der Waals surface area (Å²) in [5, 5.41) is 4.45. The summed E-state index contributed by atoms with van der Waals surface area (Å²) in [5.74, 6) is -0.347. The Bertz CT molecular complexity index is 697. The van der Waals surface area contributed by atoms with Crippen LogP contribution in [0.15, 0.2) is 42.6 Å². The molecule has 0 saturated carbocycles. The van der Waals surface area contributed by atoms with E-state index < -0.39 is 0 Å². The lowest BCUT2D eigenvalue weighted by atomic mass is 10.2. The minimum atomic E-state index is -0.347. The van der Waals surface area contributed by atoms with Gasteiger partial charge in [0.15, 0.2) is 0 Å². The summed E-state index contributed by atoms with van der Waals surface area (Å²) >= 11 is 0. The summed E-state index contributed by atoms with van der Waals surface area (Å²) in [6.45, 7) is 2.86. The van der Waals surface area contributed by atoms with Gasteiger partial charge in [0.25, 0.3) is 0 Å². The number of aromatic nitrogens is 3. The van der Waals surface area contributed by atoms with E-state index >= 15 is 0 Å². The number of nitrogens with one attached hydrogen (secondary N) is 1. The van der Waals surface area contributed by atoms with Gasteiger partial charge in [-0.05, 0) is 18.6 Å². The molecule has 0 aliphatic heterocycles. The van der Waals surface area contributed by atoms with Crippen LogP contribution < -0.4 is 0 Å². The summed E-state index contributed by atoms with van der Waals surface area (Å²) in [6, 6.07) is 11.8. The molecule has 5 heteroatoms. The number of carbonyl (C=O) groups is 1. The lowest BCUT2D eigenvalue weighted by Gasteiger charge is -2.01. The molecule has 1 N–H and O–H groups in total. The van der Waals surface area contributed by atoms with Crippen molar-refractivity contribution >= 4 is 17.0 Å². The molecule has 0 atom stereocenters. The molecule has 3 aromatic rings. The van der Waals surface area contributed by atoms with E-state index in [0.717, 1.165) is 11.0 Å². The first-order chi connectivity index (χ1) is 9.76. The Kier molecular flexibility index (Phi) is 3.25. The summed E-state index contributed by atoms with van der Waals surface area (Å²) in [5.41, 5.74) is 3.23. The van der Waals surface area contributed by atoms with E-state index in [2.05, 4.69) is 22.2 Å². The number of nitrogens with zero attached hydrogens (tertiary/aromatic N) is 2. The number of rotatable bonds is 4. The number of H-pyrrole nitrogens is 1. The molecule has 102 valence electrons. The van der Waals surface area contributed by atoms with E-state index in [1.54, 1.807) is 13.0 Å². The number of hydrogen-bond donors (Lipinski definition) is 1. The van der Waals surface area contributed by atoms with E-state index in [1.165, 1.54) is 5.56 Å². The topological polar surface area (TPSA) is 59.9 Å². The average Bonchev–Trinajstić information content (AvgIpc) is 2.98. The van der Waals surface area contributed by atoms with Crippen molar-refractivity contribution < 1.29 is 9.53 Å². The van der Waals surface area contributed by atoms with Gasteiger partial charge in [0.1, 0.15) is 11.2 Å². The van der Waals surface area contributed by atoms with Crippen LogP contribution in [0, 0.1) is 0 Å². The zero-order valence-corrected chi connectivity index (χ0v) is 11.2. The molecule has 0 aliphatic rings. The maximum atomic E-state index is 11.6. The van der Waals surface area contributed by atoms with Gasteiger partial charge in [0.05, 0.1) is 18.7 Å². The molecule has 0 radical (unpaired) electrons. The van der Waals surface area contributed by atoms with Crippen molar-refractivity contribution in [3.05, 3.63) is 53.9 Å². The predicted octanol–water partition coefficient (Wildman–Crippen LogP) is 2.59. The highest BCUT2D eigenvalue weighted by atomic mass is 16.5. The lowest BCUT2D eigenvalue weighted by molar-refractivity contribution is 0.0520. The van der Waals surface area contributed by atoms with E-state index in [4.69, 9.17) is 4.74 Å². The van der Waals surface area contributed by atoms with Crippen molar-refractivity contribution in [3.63, 3.8) is 0 Å². The van der Waals surface area contributed by atoms with Crippen molar-refractivity contribution in [2.45, 2.75) is 13.5 Å². The number of fused-ring (bicyclic) bond motifs is 1. The smallest absolute Gasteiger partial charge is 0.354 e. The van der Waals surface area contributed by atoms with E-state index in [9.17, 15) is 4.79 Å². The number of carbonyl (C=O) groups excluding carboxylic acids is 1. The SMILES string of the molecule is CCOC(=O)c1cc2nn(Cc3ccccc3)cc2[nH]1. The molecule has 0 amide bonds. The lowest BCUT2D eigenvalue weighted by Crippen LogP contribution is -2.05. The van der Waals surface area contributed by atoms with Crippen LogP contribution in [0.4, 0.5) is 0 Å². The third kappa shape index (κ3) is 2.42. The standard InChI is InChI=1S/C15H15N3O2/c1-2-20-15(19)13-8-12-14(16-13)10-18(17-12)9-11-6-4-3-5-7-11/h3-8,10,16H,2,9H2,1H3. The van der Waals surface area contributed by atoms with Gasteiger partial charge in [0.2, 0.25) is 0 Å². The van der Waals surface area contributed by atoms with Crippen LogP contribution >= 0.6 is 0 Å². The molecule has 5 nitrogen and oxygen atoms in total. The van der Waals surface area contributed by atoms with Gasteiger partial charge in [0, 0.05) is 6.20 Å². The molecule has 0 fully saturated rings. The van der Waals surface area contributed by atoms with Crippen LogP contribution in [-0.4, -0.2) is 27.3 Å². The van der Waals surface area contributed by atoms with Gasteiger partial charge >= 0.3 is 5.97 Å². The quantitative estimate of drug-likeness (QED) is 0.740. The minimum Gasteiger partial charge on any atom is -0.461 e. The fourth-order valence-electron chi connectivity index (χ4n) is 2.13. The Morgan fingerprint density at radius 2 is 2.15 bits per heavy atom. The highest BCUT2D eigenvalue weighted by Crippen LogP contribution is 2.15. The molecule has 3 rings (SSSR count). The third-order valence-electron chi connectivity index (χ3n) is 3.02. The largest absolute Gasteiger partial charge is 0.461 e. The molecule has 0 unspecified atom stereocenters. The third-order valence-corrected chi connectivity index (χ3v) is 3.02. The van der Waals surface area contributed by atoms with E-state index in [-0.39, 0.29) is 5.97 Å². The first-order valence-electron chi connectivity index (χ1n) is 6.53. The Labute approximate surface area is 116 Å². The van der Waals surface area contributed by atoms with Gasteiger partial charge in [-0.2, -0.15) is 5.10 Å². The highest BCUT2D eigenvalue weighted by Gasteiger charge is 2.12. The number of ether oxygens (including phenoxy) is 1. The summed E-state index contributed by atoms with van der Waals surface area (Å²) < 4.78 is 6.80. The zero-order valence-electron chi connectivity index (χ0n) is 11.2. The van der Waals surface area contributed by atoms with Crippen molar-refractivity contribution in [2.24, 2.45) is 0 Å². The summed E-state index contributed by atoms with van der Waals surface area (Å²) in [4.78, 5) is 14.6. The molecule has 2 heterocycles. The first kappa shape index (κ1) is 12.5. The van der Waals surface area contributed by atoms with E-state index in [0.29, 0.717) is 18.8 Å². The van der Waals surface area contributed by atoms with Crippen LogP contribution in [0.3, 0.4) is 0 Å². The van der Waals surface area contributed by atoms with Crippen LogP contribution in [-0.2, 0) is 11.3 Å². The second-order valence-electron chi connectivity index (χ2n) is 4.51. The number of esters is 1. The van der Waals surface area contributed by atoms with Gasteiger partial charge < -0.3 is 9.72 Å². The second-order valence-corrected chi connectivity index (χ2v) is 4.51. The van der Waals surface area contributed by atoms with Crippen LogP contribution in [0.2, 0.25) is 0 Å². The number of aromatic amines is 1. The first-order valence-corrected chi connectivity index (χ1v) is 6.53. The number of benzene rings is 1. The Morgan fingerprint density at radius 1 is 1.35 bits per heavy atom. The minimum absolute atomic E-state index is 0.347. The summed E-state index contributed by atoms with van der Waals surface area (Å²) in [6.07, 6.45) is 1.89. The molecular formula is C15H15N3O2. The normalized spacial score (nSPS) is 10.8. The summed E-state index contributed by atoms with van der Waals surface area (Å²) in [7, 11) is 0. The molecule has 0 saturated heterocycles. The molecule has 0 spiro atoms. The highest BCUT2D eigenvalue weighted by molar-refractivity contribution is 5.93.